The van der Waals surface area contributed by atoms with E-state index in [1.54, 1.807) is 0 Å². The van der Waals surface area contributed by atoms with Crippen LogP contribution in [0.1, 0.15) is 0 Å². The predicted molar refractivity (Wildman–Crippen MR) is 50.1 cm³/mol. The van der Waals surface area contributed by atoms with E-state index in [0.717, 1.165) is 22.6 Å². The Balaban J connectivity index is 5.66. The first-order valence-electron chi connectivity index (χ1n) is 4.08. The zero-order valence-electron chi connectivity index (χ0n) is 8.60. The van der Waals surface area contributed by atoms with Gasteiger partial charge < -0.3 is 0 Å². The van der Waals surface area contributed by atoms with Gasteiger partial charge in [0.25, 0.3) is 0 Å². The molecule has 0 aliphatic carbocycles. The molecule has 0 heterocycles. The van der Waals surface area contributed by atoms with Crippen LogP contribution in [0.5, 0.6) is 0 Å². The largest absolute Gasteiger partial charge is 0.462 e. The topological polar surface area (TPSA) is 9.23 Å². The second kappa shape index (κ2) is 5.46. The van der Waals surface area contributed by atoms with Crippen molar-refractivity contribution in [2.75, 3.05) is 0 Å². The van der Waals surface area contributed by atoms with Gasteiger partial charge in [0, 0.05) is 0 Å². The van der Waals surface area contributed by atoms with Crippen molar-refractivity contribution >= 4 is 22.6 Å². The average molecular weight is 438 g/mol. The molecule has 0 N–H and O–H groups in total. The van der Waals surface area contributed by atoms with Crippen LogP contribution in [0.25, 0.3) is 0 Å². The Kier molecular flexibility index (Phi) is 5.36. The van der Waals surface area contributed by atoms with E-state index in [4.69, 9.17) is 0 Å². The summed E-state index contributed by atoms with van der Waals surface area (Å²) in [5, 5.41) is 0. The van der Waals surface area contributed by atoms with Gasteiger partial charge >= 0.3 is 30.2 Å². The molecule has 0 saturated heterocycles. The number of halogens is 12. The Hall–Kier alpha value is -0.340. The van der Waals surface area contributed by atoms with E-state index in [1.165, 1.54) is 0 Å². The van der Waals surface area contributed by atoms with Gasteiger partial charge in [-0.25, -0.2) is 0 Å². The summed E-state index contributed by atoms with van der Waals surface area (Å²) in [5.74, 6) is -12.5. The van der Waals surface area contributed by atoms with E-state index in [1.807, 2.05) is 0 Å². The number of hydrogen-bond acceptors (Lipinski definition) is 1. The van der Waals surface area contributed by atoms with Crippen molar-refractivity contribution in [2.24, 2.45) is 0 Å². The van der Waals surface area contributed by atoms with Crippen LogP contribution < -0.4 is 0 Å². The van der Waals surface area contributed by atoms with E-state index < -0.39 is 36.3 Å². The monoisotopic (exact) mass is 438 g/mol. The molecule has 0 spiro atoms. The quantitative estimate of drug-likeness (QED) is 0.445. The molecule has 0 aromatic rings. The lowest BCUT2D eigenvalue weighted by molar-refractivity contribution is -0.473. The molecule has 0 aromatic heterocycles. The molecule has 13 heteroatoms. The Morgan fingerprint density at radius 2 is 1.10 bits per heavy atom. The molecular weight excluding hydrogens is 436 g/mol. The third-order valence-electron chi connectivity index (χ3n) is 1.66. The Bertz CT molecular complexity index is 370. The minimum Gasteiger partial charge on any atom is -0.266 e. The molecule has 1 nitrogen and oxygen atoms in total. The van der Waals surface area contributed by atoms with Crippen LogP contribution in [-0.4, -0.2) is 30.2 Å². The van der Waals surface area contributed by atoms with Gasteiger partial charge in [0.2, 0.25) is 0 Å². The zero-order chi connectivity index (χ0) is 16.6. The zero-order valence-corrected chi connectivity index (χ0v) is 10.8. The fourth-order valence-electron chi connectivity index (χ4n) is 0.683. The first kappa shape index (κ1) is 19.7. The van der Waals surface area contributed by atoms with Gasteiger partial charge in [-0.05, 0) is 10.2 Å². The fourth-order valence-corrected chi connectivity index (χ4v) is 1.15. The highest BCUT2D eigenvalue weighted by Gasteiger charge is 2.77. The summed E-state index contributed by atoms with van der Waals surface area (Å²) in [5.41, 5.74) is 0. The molecule has 0 fully saturated rings. The van der Waals surface area contributed by atoms with Crippen molar-refractivity contribution in [1.29, 1.82) is 0 Å². The summed E-state index contributed by atoms with van der Waals surface area (Å²) >= 11 is 0.886. The van der Waals surface area contributed by atoms with Gasteiger partial charge in [-0.2, -0.15) is 48.3 Å². The van der Waals surface area contributed by atoms with Gasteiger partial charge in [-0.15, -0.1) is 0 Å². The van der Waals surface area contributed by atoms with Gasteiger partial charge in [0.1, 0.15) is 0 Å². The molecule has 0 unspecified atom stereocenters. The maximum absolute atomic E-state index is 13.1. The number of ether oxygens (including phenoxy) is 1. The molecule has 0 aromatic carbocycles. The second-order valence-electron chi connectivity index (χ2n) is 3.13. The van der Waals surface area contributed by atoms with Gasteiger partial charge in [0.15, 0.2) is 0 Å². The number of hydrogen-bond donors (Lipinski definition) is 0. The lowest BCUT2D eigenvalue weighted by Gasteiger charge is -2.33. The van der Waals surface area contributed by atoms with Crippen LogP contribution in [0.2, 0.25) is 0 Å². The highest BCUT2D eigenvalue weighted by Crippen LogP contribution is 2.51. The summed E-state index contributed by atoms with van der Waals surface area (Å²) in [6.07, 6.45) is -20.8. The molecule has 0 amide bonds. The first-order chi connectivity index (χ1) is 8.52. The maximum atomic E-state index is 13.1. The van der Waals surface area contributed by atoms with Gasteiger partial charge in [-0.3, -0.25) is 4.74 Å². The summed E-state index contributed by atoms with van der Waals surface area (Å²) in [7, 11) is 0. The Morgan fingerprint density at radius 3 is 1.35 bits per heavy atom. The van der Waals surface area contributed by atoms with E-state index in [2.05, 4.69) is 4.74 Å². The molecule has 0 bridgehead atoms. The lowest BCUT2D eigenvalue weighted by Crippen LogP contribution is -2.58. The molecule has 0 aliphatic rings. The predicted octanol–water partition coefficient (Wildman–Crippen LogP) is 4.97. The number of rotatable bonds is 4. The van der Waals surface area contributed by atoms with Crippen molar-refractivity contribution in [2.45, 2.75) is 30.2 Å². The van der Waals surface area contributed by atoms with Crippen molar-refractivity contribution < 1.29 is 53.0 Å². The third-order valence-corrected chi connectivity index (χ3v) is 2.02. The van der Waals surface area contributed by atoms with Crippen LogP contribution in [0.3, 0.4) is 0 Å². The Labute approximate surface area is 116 Å². The van der Waals surface area contributed by atoms with Crippen LogP contribution in [0.15, 0.2) is 10.2 Å². The van der Waals surface area contributed by atoms with Crippen LogP contribution in [0.4, 0.5) is 48.3 Å². The molecule has 0 radical (unpaired) electrons. The first-order valence-corrected chi connectivity index (χ1v) is 5.32. The molecule has 1 atom stereocenters. The number of alkyl halides is 11. The summed E-state index contributed by atoms with van der Waals surface area (Å²) in [6.45, 7) is 0. The average Bonchev–Trinajstić information content (AvgIpc) is 2.12. The van der Waals surface area contributed by atoms with Crippen molar-refractivity contribution in [3.8, 4) is 0 Å². The SMILES string of the molecule is FC(F)(F)C(F)(F)C(F)(F)O[C@@](F)(/C=C/I)C(F)(F)F. The lowest BCUT2D eigenvalue weighted by atomic mass is 10.2. The molecule has 20 heavy (non-hydrogen) atoms. The van der Waals surface area contributed by atoms with Gasteiger partial charge in [0.05, 0.1) is 0 Å². The van der Waals surface area contributed by atoms with E-state index in [-0.39, 0.29) is 4.08 Å². The minimum atomic E-state index is -7.03. The molecule has 0 rings (SSSR count). The summed E-state index contributed by atoms with van der Waals surface area (Å²) in [6, 6.07) is 0. The molecular formula is C7H2F11IO. The van der Waals surface area contributed by atoms with Crippen molar-refractivity contribution in [3.63, 3.8) is 0 Å². The van der Waals surface area contributed by atoms with E-state index in [9.17, 15) is 48.3 Å². The van der Waals surface area contributed by atoms with Crippen LogP contribution in [0, 0.1) is 0 Å². The highest BCUT2D eigenvalue weighted by molar-refractivity contribution is 14.1. The van der Waals surface area contributed by atoms with E-state index in [0.29, 0.717) is 0 Å². The maximum Gasteiger partial charge on any atom is 0.462 e. The smallest absolute Gasteiger partial charge is 0.266 e. The molecule has 120 valence electrons. The molecule has 0 aliphatic heterocycles. The summed E-state index contributed by atoms with van der Waals surface area (Å²) in [4.78, 5) is 0. The molecule has 0 saturated carbocycles. The van der Waals surface area contributed by atoms with Crippen LogP contribution in [-0.2, 0) is 4.74 Å². The normalized spacial score (nSPS) is 18.4. The van der Waals surface area contributed by atoms with Gasteiger partial charge in [-0.1, -0.05) is 22.6 Å². The van der Waals surface area contributed by atoms with E-state index >= 15 is 0 Å². The van der Waals surface area contributed by atoms with Crippen LogP contribution >= 0.6 is 22.6 Å². The third kappa shape index (κ3) is 3.65. The van der Waals surface area contributed by atoms with Crippen molar-refractivity contribution in [3.05, 3.63) is 10.2 Å². The second-order valence-corrected chi connectivity index (χ2v) is 3.85. The minimum absolute atomic E-state index is 0.118. The Morgan fingerprint density at radius 1 is 0.700 bits per heavy atom. The van der Waals surface area contributed by atoms with Crippen molar-refractivity contribution in [1.82, 2.24) is 0 Å². The summed E-state index contributed by atoms with van der Waals surface area (Å²) < 4.78 is 136. The fraction of sp³-hybridized carbons (Fsp3) is 0.714. The highest BCUT2D eigenvalue weighted by atomic mass is 127. The standard InChI is InChI=1S/C7H2F11IO/c8-3(1-2-19,5(11,12)13)20-7(17,18)4(9,10)6(14,15)16/h1-2H/b2-1+/t3-/m0/s1.